The number of aliphatic hydroxyl groups is 3. The van der Waals surface area contributed by atoms with Gasteiger partial charge in [0, 0.05) is 12.5 Å². The maximum Gasteiger partial charge on any atom is 0.223 e. The highest BCUT2D eigenvalue weighted by molar-refractivity contribution is 5.74. The molecule has 0 aliphatic carbocycles. The Morgan fingerprint density at radius 2 is 1.83 bits per heavy atom. The molecule has 0 bridgehead atoms. The lowest BCUT2D eigenvalue weighted by atomic mass is 9.96. The summed E-state index contributed by atoms with van der Waals surface area (Å²) in [4.78, 5) is 11.6. The van der Waals surface area contributed by atoms with E-state index in [0.717, 1.165) is 22.3 Å². The van der Waals surface area contributed by atoms with Crippen LogP contribution in [0.25, 0.3) is 11.1 Å². The number of carbonyl (C=O) groups excluding carboxylic acids is 1. The lowest BCUT2D eigenvalue weighted by Crippen LogP contribution is -2.65. The monoisotopic (exact) mass is 401 g/mol. The van der Waals surface area contributed by atoms with Crippen molar-refractivity contribution in [2.75, 3.05) is 6.61 Å². The van der Waals surface area contributed by atoms with E-state index < -0.39 is 43.2 Å². The summed E-state index contributed by atoms with van der Waals surface area (Å²) in [5, 5.41) is 32.7. The molecule has 7 heteroatoms. The molecule has 156 valence electrons. The zero-order chi connectivity index (χ0) is 21.1. The van der Waals surface area contributed by atoms with Crippen LogP contribution in [-0.2, 0) is 9.53 Å². The molecule has 29 heavy (non-hydrogen) atoms. The Kier molecular flexibility index (Phi) is 6.54. The van der Waals surface area contributed by atoms with Crippen LogP contribution in [0.3, 0.4) is 0 Å². The molecule has 5 unspecified atom stereocenters. The molecule has 0 radical (unpaired) electrons. The SMILES string of the molecule is CC(=O)NC1C(Oc2ccccc2-c2cc(C)ccc2C)OC(CO)C(O)C1O. The summed E-state index contributed by atoms with van der Waals surface area (Å²) in [5.74, 6) is 0.102. The van der Waals surface area contributed by atoms with Crippen molar-refractivity contribution in [3.63, 3.8) is 0 Å². The molecule has 1 aliphatic rings. The molecule has 1 amide bonds. The van der Waals surface area contributed by atoms with Gasteiger partial charge in [0.1, 0.15) is 30.1 Å². The molecular formula is C22H27NO6. The van der Waals surface area contributed by atoms with Gasteiger partial charge >= 0.3 is 0 Å². The number of amides is 1. The van der Waals surface area contributed by atoms with E-state index in [1.54, 1.807) is 6.07 Å². The van der Waals surface area contributed by atoms with Crippen molar-refractivity contribution in [1.29, 1.82) is 0 Å². The third-order valence-electron chi connectivity index (χ3n) is 5.06. The van der Waals surface area contributed by atoms with Gasteiger partial charge in [0.25, 0.3) is 0 Å². The average molecular weight is 401 g/mol. The van der Waals surface area contributed by atoms with Crippen LogP contribution in [0.1, 0.15) is 18.1 Å². The summed E-state index contributed by atoms with van der Waals surface area (Å²) in [7, 11) is 0. The number of nitrogens with one attached hydrogen (secondary N) is 1. The van der Waals surface area contributed by atoms with Gasteiger partial charge in [0.05, 0.1) is 6.61 Å². The fraction of sp³-hybridized carbons (Fsp3) is 0.409. The quantitative estimate of drug-likeness (QED) is 0.601. The third-order valence-corrected chi connectivity index (χ3v) is 5.06. The Morgan fingerprint density at radius 1 is 1.10 bits per heavy atom. The minimum atomic E-state index is -1.36. The molecule has 2 aromatic rings. The van der Waals surface area contributed by atoms with Crippen LogP contribution < -0.4 is 10.1 Å². The van der Waals surface area contributed by atoms with Crippen LogP contribution in [-0.4, -0.2) is 58.5 Å². The minimum absolute atomic E-state index is 0.399. The molecule has 0 aromatic heterocycles. The van der Waals surface area contributed by atoms with Crippen LogP contribution >= 0.6 is 0 Å². The van der Waals surface area contributed by atoms with Gasteiger partial charge in [-0.1, -0.05) is 42.0 Å². The largest absolute Gasteiger partial charge is 0.462 e. The van der Waals surface area contributed by atoms with E-state index in [2.05, 4.69) is 11.4 Å². The van der Waals surface area contributed by atoms with Crippen LogP contribution in [0.5, 0.6) is 5.75 Å². The van der Waals surface area contributed by atoms with E-state index >= 15 is 0 Å². The van der Waals surface area contributed by atoms with E-state index in [9.17, 15) is 20.1 Å². The molecule has 3 rings (SSSR count). The number of hydrogen-bond donors (Lipinski definition) is 4. The highest BCUT2D eigenvalue weighted by Crippen LogP contribution is 2.35. The Hall–Kier alpha value is -2.45. The van der Waals surface area contributed by atoms with Crippen molar-refractivity contribution in [1.82, 2.24) is 5.32 Å². The van der Waals surface area contributed by atoms with Gasteiger partial charge < -0.3 is 30.1 Å². The van der Waals surface area contributed by atoms with Crippen LogP contribution in [0.4, 0.5) is 0 Å². The lowest BCUT2D eigenvalue weighted by Gasteiger charge is -2.42. The summed E-state index contributed by atoms with van der Waals surface area (Å²) in [6.07, 6.45) is -4.85. The zero-order valence-corrected chi connectivity index (χ0v) is 16.7. The first-order valence-corrected chi connectivity index (χ1v) is 9.54. The molecule has 1 aliphatic heterocycles. The third kappa shape index (κ3) is 4.59. The van der Waals surface area contributed by atoms with Gasteiger partial charge in [-0.3, -0.25) is 4.79 Å². The number of para-hydroxylation sites is 1. The minimum Gasteiger partial charge on any atom is -0.462 e. The molecular weight excluding hydrogens is 374 g/mol. The number of rotatable bonds is 5. The molecule has 5 atom stereocenters. The first-order valence-electron chi connectivity index (χ1n) is 9.54. The van der Waals surface area contributed by atoms with Gasteiger partial charge in [0.15, 0.2) is 0 Å². The van der Waals surface area contributed by atoms with Crippen molar-refractivity contribution in [2.45, 2.75) is 51.4 Å². The molecule has 2 aromatic carbocycles. The first-order chi connectivity index (χ1) is 13.8. The van der Waals surface area contributed by atoms with Crippen LogP contribution in [0.2, 0.25) is 0 Å². The first kappa shape index (κ1) is 21.3. The summed E-state index contributed by atoms with van der Waals surface area (Å²) in [5.41, 5.74) is 3.99. The van der Waals surface area contributed by atoms with E-state index in [0.29, 0.717) is 5.75 Å². The number of aryl methyl sites for hydroxylation is 2. The smallest absolute Gasteiger partial charge is 0.223 e. The molecule has 4 N–H and O–H groups in total. The summed E-state index contributed by atoms with van der Waals surface area (Å²) < 4.78 is 11.8. The van der Waals surface area contributed by atoms with Crippen LogP contribution in [0.15, 0.2) is 42.5 Å². The molecule has 1 saturated heterocycles. The van der Waals surface area contributed by atoms with Crippen molar-refractivity contribution < 1.29 is 29.6 Å². The van der Waals surface area contributed by atoms with E-state index in [-0.39, 0.29) is 0 Å². The Morgan fingerprint density at radius 3 is 2.52 bits per heavy atom. The Bertz CT molecular complexity index is 870. The second-order valence-electron chi connectivity index (χ2n) is 7.37. The number of hydrogen-bond acceptors (Lipinski definition) is 6. The van der Waals surface area contributed by atoms with Gasteiger partial charge in [-0.25, -0.2) is 0 Å². The summed E-state index contributed by atoms with van der Waals surface area (Å²) in [6.45, 7) is 4.82. The van der Waals surface area contributed by atoms with Gasteiger partial charge in [-0.2, -0.15) is 0 Å². The van der Waals surface area contributed by atoms with Crippen molar-refractivity contribution in [3.8, 4) is 16.9 Å². The van der Waals surface area contributed by atoms with E-state index in [4.69, 9.17) is 9.47 Å². The van der Waals surface area contributed by atoms with E-state index in [1.165, 1.54) is 6.92 Å². The number of aliphatic hydroxyl groups excluding tert-OH is 3. The van der Waals surface area contributed by atoms with Crippen molar-refractivity contribution in [3.05, 3.63) is 53.6 Å². The number of benzene rings is 2. The van der Waals surface area contributed by atoms with Crippen molar-refractivity contribution in [2.24, 2.45) is 0 Å². The second-order valence-corrected chi connectivity index (χ2v) is 7.37. The molecule has 0 spiro atoms. The normalized spacial score (nSPS) is 26.8. The molecule has 1 heterocycles. The number of ether oxygens (including phenoxy) is 2. The van der Waals surface area contributed by atoms with Crippen LogP contribution in [0, 0.1) is 13.8 Å². The van der Waals surface area contributed by atoms with E-state index in [1.807, 2.05) is 44.2 Å². The predicted molar refractivity (Wildman–Crippen MR) is 107 cm³/mol. The van der Waals surface area contributed by atoms with Gasteiger partial charge in [-0.05, 0) is 31.0 Å². The van der Waals surface area contributed by atoms with Gasteiger partial charge in [-0.15, -0.1) is 0 Å². The summed E-state index contributed by atoms with van der Waals surface area (Å²) >= 11 is 0. The highest BCUT2D eigenvalue weighted by atomic mass is 16.7. The zero-order valence-electron chi connectivity index (χ0n) is 16.7. The standard InChI is InChI=1S/C22H27NO6/c1-12-8-9-13(2)16(10-12)15-6-4-5-7-17(15)28-22-19(23-14(3)25)21(27)20(26)18(11-24)29-22/h4-10,18-22,24,26-27H,11H2,1-3H3,(H,23,25). The van der Waals surface area contributed by atoms with Gasteiger partial charge in [0.2, 0.25) is 12.2 Å². The topological polar surface area (TPSA) is 108 Å². The fourth-order valence-electron chi connectivity index (χ4n) is 3.51. The Balaban J connectivity index is 1.97. The molecule has 7 nitrogen and oxygen atoms in total. The Labute approximate surface area is 169 Å². The molecule has 0 saturated carbocycles. The van der Waals surface area contributed by atoms with Crippen molar-refractivity contribution >= 4 is 5.91 Å². The maximum atomic E-state index is 11.6. The highest BCUT2D eigenvalue weighted by Gasteiger charge is 2.46. The summed E-state index contributed by atoms with van der Waals surface area (Å²) in [6, 6.07) is 12.5. The molecule has 1 fully saturated rings. The second kappa shape index (κ2) is 8.92. The average Bonchev–Trinajstić information content (AvgIpc) is 2.69. The maximum absolute atomic E-state index is 11.6. The number of carbonyl (C=O) groups is 1. The fourth-order valence-corrected chi connectivity index (χ4v) is 3.51. The predicted octanol–water partition coefficient (Wildman–Crippen LogP) is 1.29. The lowest BCUT2D eigenvalue weighted by molar-refractivity contribution is -0.244.